The summed E-state index contributed by atoms with van der Waals surface area (Å²) in [6, 6.07) is 14.4. The number of rotatable bonds is 5. The van der Waals surface area contributed by atoms with Gasteiger partial charge in [-0.25, -0.2) is 9.97 Å². The van der Waals surface area contributed by atoms with Crippen molar-refractivity contribution in [1.82, 2.24) is 20.2 Å². The molecule has 2 amide bonds. The standard InChI is InChI=1S/C27H28N4O2S2/c1-16(21-9-8-19-6-4-5-7-22(19)14-21)29-25(32)23-15-34-26(30-23)20-10-12-31(13-11-20)27(33)24-17(2)28-18(3)35-24/h4-9,14-16,20H,10-13H2,1-3H3,(H,29,32). The van der Waals surface area contributed by atoms with Crippen molar-refractivity contribution < 1.29 is 9.59 Å². The van der Waals surface area contributed by atoms with Crippen LogP contribution < -0.4 is 5.32 Å². The first-order valence-electron chi connectivity index (χ1n) is 11.9. The summed E-state index contributed by atoms with van der Waals surface area (Å²) < 4.78 is 0. The summed E-state index contributed by atoms with van der Waals surface area (Å²) in [6.45, 7) is 7.21. The molecule has 35 heavy (non-hydrogen) atoms. The summed E-state index contributed by atoms with van der Waals surface area (Å²) in [7, 11) is 0. The quantitative estimate of drug-likeness (QED) is 0.368. The molecule has 5 rings (SSSR count). The van der Waals surface area contributed by atoms with Gasteiger partial charge in [-0.15, -0.1) is 22.7 Å². The minimum atomic E-state index is -0.156. The van der Waals surface area contributed by atoms with Crippen molar-refractivity contribution in [2.45, 2.75) is 45.6 Å². The molecule has 0 spiro atoms. The molecule has 1 aliphatic rings. The van der Waals surface area contributed by atoms with E-state index < -0.39 is 0 Å². The number of carbonyl (C=O) groups excluding carboxylic acids is 2. The van der Waals surface area contributed by atoms with Gasteiger partial charge in [0.05, 0.1) is 21.8 Å². The van der Waals surface area contributed by atoms with Crippen molar-refractivity contribution in [3.63, 3.8) is 0 Å². The van der Waals surface area contributed by atoms with Crippen molar-refractivity contribution >= 4 is 45.3 Å². The Morgan fingerprint density at radius 2 is 1.80 bits per heavy atom. The Morgan fingerprint density at radius 1 is 1.06 bits per heavy atom. The summed E-state index contributed by atoms with van der Waals surface area (Å²) in [6.07, 6.45) is 1.70. The predicted octanol–water partition coefficient (Wildman–Crippen LogP) is 5.88. The molecule has 3 heterocycles. The van der Waals surface area contributed by atoms with Gasteiger partial charge in [-0.05, 0) is 56.0 Å². The molecule has 1 aliphatic heterocycles. The molecule has 0 radical (unpaired) electrons. The van der Waals surface area contributed by atoms with Crippen molar-refractivity contribution in [1.29, 1.82) is 0 Å². The molecule has 0 saturated carbocycles. The Kier molecular flexibility index (Phi) is 6.67. The van der Waals surface area contributed by atoms with Gasteiger partial charge in [0, 0.05) is 24.4 Å². The van der Waals surface area contributed by atoms with Crippen LogP contribution >= 0.6 is 22.7 Å². The van der Waals surface area contributed by atoms with Gasteiger partial charge in [-0.3, -0.25) is 9.59 Å². The lowest BCUT2D eigenvalue weighted by molar-refractivity contribution is 0.0717. The highest BCUT2D eigenvalue weighted by atomic mass is 32.1. The van der Waals surface area contributed by atoms with E-state index in [1.54, 1.807) is 0 Å². The first kappa shape index (κ1) is 23.6. The lowest BCUT2D eigenvalue weighted by atomic mass is 9.97. The summed E-state index contributed by atoms with van der Waals surface area (Å²) in [5, 5.41) is 9.18. The second-order valence-electron chi connectivity index (χ2n) is 9.09. The van der Waals surface area contributed by atoms with E-state index >= 15 is 0 Å². The Balaban J connectivity index is 1.19. The van der Waals surface area contributed by atoms with Gasteiger partial charge in [-0.1, -0.05) is 36.4 Å². The van der Waals surface area contributed by atoms with Gasteiger partial charge in [0.1, 0.15) is 10.6 Å². The topological polar surface area (TPSA) is 75.2 Å². The van der Waals surface area contributed by atoms with Crippen LogP contribution in [0, 0.1) is 13.8 Å². The number of piperidine rings is 1. The number of thiazole rings is 2. The van der Waals surface area contributed by atoms with Gasteiger partial charge in [0.2, 0.25) is 0 Å². The van der Waals surface area contributed by atoms with E-state index in [0.717, 1.165) is 44.4 Å². The lowest BCUT2D eigenvalue weighted by Gasteiger charge is -2.30. The first-order valence-corrected chi connectivity index (χ1v) is 13.6. The molecule has 6 nitrogen and oxygen atoms in total. The SMILES string of the molecule is Cc1nc(C)c(C(=O)N2CCC(c3nc(C(=O)NC(C)c4ccc5ccccc5c4)cs3)CC2)s1. The maximum Gasteiger partial charge on any atom is 0.271 e. The van der Waals surface area contributed by atoms with Crippen molar-refractivity contribution in [3.05, 3.63) is 79.7 Å². The number of carbonyl (C=O) groups is 2. The number of fused-ring (bicyclic) bond motifs is 1. The van der Waals surface area contributed by atoms with E-state index in [1.165, 1.54) is 28.1 Å². The van der Waals surface area contributed by atoms with Crippen LogP contribution in [0.5, 0.6) is 0 Å². The molecule has 1 N–H and O–H groups in total. The van der Waals surface area contributed by atoms with E-state index in [2.05, 4.69) is 45.6 Å². The minimum absolute atomic E-state index is 0.0773. The summed E-state index contributed by atoms with van der Waals surface area (Å²) in [4.78, 5) is 37.5. The number of aryl methyl sites for hydroxylation is 2. The average molecular weight is 505 g/mol. The Bertz CT molecular complexity index is 1380. The molecule has 0 bridgehead atoms. The number of hydrogen-bond donors (Lipinski definition) is 1. The first-order chi connectivity index (χ1) is 16.9. The number of amides is 2. The van der Waals surface area contributed by atoms with Crippen molar-refractivity contribution in [3.8, 4) is 0 Å². The second-order valence-corrected chi connectivity index (χ2v) is 11.2. The third kappa shape index (κ3) is 4.99. The number of benzene rings is 2. The van der Waals surface area contributed by atoms with Crippen LogP contribution in [0.15, 0.2) is 47.8 Å². The van der Waals surface area contributed by atoms with E-state index in [0.29, 0.717) is 18.8 Å². The molecule has 1 unspecified atom stereocenters. The zero-order chi connectivity index (χ0) is 24.5. The number of hydrogen-bond acceptors (Lipinski definition) is 6. The van der Waals surface area contributed by atoms with Crippen LogP contribution in [0.4, 0.5) is 0 Å². The summed E-state index contributed by atoms with van der Waals surface area (Å²) >= 11 is 3.00. The van der Waals surface area contributed by atoms with Crippen LogP contribution in [0.3, 0.4) is 0 Å². The molecule has 0 aliphatic carbocycles. The molecule has 1 atom stereocenters. The highest BCUT2D eigenvalue weighted by Gasteiger charge is 2.28. The van der Waals surface area contributed by atoms with Crippen LogP contribution in [0.2, 0.25) is 0 Å². The highest BCUT2D eigenvalue weighted by Crippen LogP contribution is 2.32. The number of aromatic nitrogens is 2. The third-order valence-electron chi connectivity index (χ3n) is 6.60. The summed E-state index contributed by atoms with van der Waals surface area (Å²) in [5.41, 5.74) is 2.34. The second kappa shape index (κ2) is 9.87. The smallest absolute Gasteiger partial charge is 0.271 e. The zero-order valence-corrected chi connectivity index (χ0v) is 21.7. The fourth-order valence-corrected chi connectivity index (χ4v) is 6.47. The predicted molar refractivity (Wildman–Crippen MR) is 141 cm³/mol. The minimum Gasteiger partial charge on any atom is -0.344 e. The van der Waals surface area contributed by atoms with Crippen molar-refractivity contribution in [2.24, 2.45) is 0 Å². The van der Waals surface area contributed by atoms with E-state index in [9.17, 15) is 9.59 Å². The van der Waals surface area contributed by atoms with Gasteiger partial charge in [-0.2, -0.15) is 0 Å². The Morgan fingerprint density at radius 3 is 2.51 bits per heavy atom. The molecule has 2 aromatic carbocycles. The molecular formula is C27H28N4O2S2. The molecular weight excluding hydrogens is 476 g/mol. The van der Waals surface area contributed by atoms with E-state index in [-0.39, 0.29) is 23.8 Å². The molecule has 1 fully saturated rings. The largest absolute Gasteiger partial charge is 0.344 e. The van der Waals surface area contributed by atoms with Crippen molar-refractivity contribution in [2.75, 3.05) is 13.1 Å². The van der Waals surface area contributed by atoms with Gasteiger partial charge in [0.15, 0.2) is 0 Å². The molecule has 8 heteroatoms. The van der Waals surface area contributed by atoms with Gasteiger partial charge >= 0.3 is 0 Å². The van der Waals surface area contributed by atoms with Crippen LogP contribution in [-0.2, 0) is 0 Å². The number of likely N-dealkylation sites (tertiary alicyclic amines) is 1. The maximum absolute atomic E-state index is 12.9. The Labute approximate surface area is 213 Å². The normalized spacial score (nSPS) is 15.3. The number of nitrogens with one attached hydrogen (secondary N) is 1. The molecule has 180 valence electrons. The van der Waals surface area contributed by atoms with Crippen LogP contribution in [0.25, 0.3) is 10.8 Å². The number of nitrogens with zero attached hydrogens (tertiary/aromatic N) is 3. The van der Waals surface area contributed by atoms with E-state index in [1.807, 2.05) is 43.2 Å². The molecule has 4 aromatic rings. The highest BCUT2D eigenvalue weighted by molar-refractivity contribution is 7.13. The zero-order valence-electron chi connectivity index (χ0n) is 20.1. The maximum atomic E-state index is 12.9. The van der Waals surface area contributed by atoms with Gasteiger partial charge in [0.25, 0.3) is 11.8 Å². The fourth-order valence-electron chi connectivity index (χ4n) is 4.61. The molecule has 1 saturated heterocycles. The van der Waals surface area contributed by atoms with Gasteiger partial charge < -0.3 is 10.2 Å². The summed E-state index contributed by atoms with van der Waals surface area (Å²) in [5.74, 6) is 0.193. The molecule has 2 aromatic heterocycles. The monoisotopic (exact) mass is 504 g/mol. The third-order valence-corrected chi connectivity index (χ3v) is 8.67. The van der Waals surface area contributed by atoms with Crippen LogP contribution in [-0.4, -0.2) is 39.8 Å². The average Bonchev–Trinajstić information content (AvgIpc) is 3.50. The lowest BCUT2D eigenvalue weighted by Crippen LogP contribution is -2.37. The fraction of sp³-hybridized carbons (Fsp3) is 0.333. The Hall–Kier alpha value is -3.10. The van der Waals surface area contributed by atoms with E-state index in [4.69, 9.17) is 0 Å². The van der Waals surface area contributed by atoms with Crippen LogP contribution in [0.1, 0.15) is 73.2 Å².